The Bertz CT molecular complexity index is 285. The van der Waals surface area contributed by atoms with Crippen molar-refractivity contribution in [1.82, 2.24) is 5.32 Å². The number of hydrogen-bond acceptors (Lipinski definition) is 2. The molecule has 0 spiro atoms. The van der Waals surface area contributed by atoms with E-state index in [1.54, 1.807) is 7.11 Å². The van der Waals surface area contributed by atoms with Crippen LogP contribution in [0.5, 0.6) is 0 Å². The van der Waals surface area contributed by atoms with Crippen molar-refractivity contribution in [2.24, 2.45) is 0 Å². The smallest absolute Gasteiger partial charge is 0.0619 e. The highest BCUT2D eigenvalue weighted by Crippen LogP contribution is 2.15. The number of benzene rings is 1. The molecule has 2 nitrogen and oxygen atoms in total. The van der Waals surface area contributed by atoms with Crippen LogP contribution in [-0.2, 0) is 17.7 Å². The summed E-state index contributed by atoms with van der Waals surface area (Å²) < 4.78 is 5.13. The molecule has 0 bridgehead atoms. The molecule has 13 heavy (non-hydrogen) atoms. The van der Waals surface area contributed by atoms with Crippen molar-refractivity contribution >= 4 is 0 Å². The summed E-state index contributed by atoms with van der Waals surface area (Å²) in [4.78, 5) is 0. The Morgan fingerprint density at radius 1 is 1.38 bits per heavy atom. The van der Waals surface area contributed by atoms with Gasteiger partial charge in [0, 0.05) is 19.7 Å². The Morgan fingerprint density at radius 2 is 2.15 bits per heavy atom. The molecular weight excluding hydrogens is 162 g/mol. The first-order chi connectivity index (χ1) is 6.40. The first-order valence-corrected chi connectivity index (χ1v) is 4.69. The molecule has 0 saturated carbocycles. The third-order valence-electron chi connectivity index (χ3n) is 2.53. The highest BCUT2D eigenvalue weighted by molar-refractivity contribution is 5.29. The number of fused-ring (bicyclic) bond motifs is 1. The van der Waals surface area contributed by atoms with Crippen molar-refractivity contribution in [3.05, 3.63) is 35.4 Å². The van der Waals surface area contributed by atoms with E-state index in [0.29, 0.717) is 6.04 Å². The van der Waals surface area contributed by atoms with E-state index in [1.165, 1.54) is 11.1 Å². The maximum atomic E-state index is 5.13. The number of hydrogen-bond donors (Lipinski definition) is 1. The molecule has 70 valence electrons. The van der Waals surface area contributed by atoms with Gasteiger partial charge in [-0.05, 0) is 17.5 Å². The number of rotatable bonds is 2. The van der Waals surface area contributed by atoms with Gasteiger partial charge in [-0.1, -0.05) is 24.3 Å². The molecule has 0 saturated heterocycles. The van der Waals surface area contributed by atoms with Crippen LogP contribution in [0.4, 0.5) is 0 Å². The Labute approximate surface area is 78.9 Å². The van der Waals surface area contributed by atoms with Crippen molar-refractivity contribution < 1.29 is 4.74 Å². The molecular formula is C11H15NO. The molecule has 0 amide bonds. The normalized spacial score (nSPS) is 21.2. The van der Waals surface area contributed by atoms with E-state index in [1.807, 2.05) is 0 Å². The molecule has 1 aliphatic heterocycles. The molecule has 1 aromatic rings. The second kappa shape index (κ2) is 3.90. The fraction of sp³-hybridized carbons (Fsp3) is 0.455. The molecule has 2 rings (SSSR count). The zero-order valence-corrected chi connectivity index (χ0v) is 7.92. The molecule has 0 aliphatic carbocycles. The van der Waals surface area contributed by atoms with Crippen molar-refractivity contribution in [2.45, 2.75) is 19.0 Å². The fourth-order valence-electron chi connectivity index (χ4n) is 1.84. The Hall–Kier alpha value is -0.860. The molecule has 1 atom stereocenters. The van der Waals surface area contributed by atoms with Gasteiger partial charge < -0.3 is 10.1 Å². The largest absolute Gasteiger partial charge is 0.383 e. The monoisotopic (exact) mass is 177 g/mol. The minimum absolute atomic E-state index is 0.486. The molecule has 0 aromatic heterocycles. The summed E-state index contributed by atoms with van der Waals surface area (Å²) in [6.45, 7) is 1.78. The minimum atomic E-state index is 0.486. The van der Waals surface area contributed by atoms with Gasteiger partial charge in [-0.2, -0.15) is 0 Å². The summed E-state index contributed by atoms with van der Waals surface area (Å²) in [5.74, 6) is 0. The lowest BCUT2D eigenvalue weighted by atomic mass is 9.96. The molecule has 1 heterocycles. The Morgan fingerprint density at radius 3 is 2.92 bits per heavy atom. The zero-order valence-electron chi connectivity index (χ0n) is 7.92. The maximum Gasteiger partial charge on any atom is 0.0619 e. The lowest BCUT2D eigenvalue weighted by Gasteiger charge is -2.25. The SMILES string of the molecule is COC[C@@H]1Cc2ccccc2CN1. The fourth-order valence-corrected chi connectivity index (χ4v) is 1.84. The predicted molar refractivity (Wildman–Crippen MR) is 52.6 cm³/mol. The second-order valence-corrected chi connectivity index (χ2v) is 3.51. The van der Waals surface area contributed by atoms with Crippen molar-refractivity contribution in [1.29, 1.82) is 0 Å². The van der Waals surface area contributed by atoms with Crippen LogP contribution in [0.3, 0.4) is 0 Å². The van der Waals surface area contributed by atoms with Gasteiger partial charge in [0.15, 0.2) is 0 Å². The minimum Gasteiger partial charge on any atom is -0.383 e. The summed E-state index contributed by atoms with van der Waals surface area (Å²) in [6, 6.07) is 9.08. The van der Waals surface area contributed by atoms with E-state index in [9.17, 15) is 0 Å². The van der Waals surface area contributed by atoms with Gasteiger partial charge >= 0.3 is 0 Å². The molecule has 1 aromatic carbocycles. The standard InChI is InChI=1S/C11H15NO/c1-13-8-11-6-9-4-2-3-5-10(9)7-12-11/h2-5,11-12H,6-8H2,1H3/t11-/m0/s1. The van der Waals surface area contributed by atoms with E-state index in [0.717, 1.165) is 19.6 Å². The van der Waals surface area contributed by atoms with E-state index in [-0.39, 0.29) is 0 Å². The highest BCUT2D eigenvalue weighted by atomic mass is 16.5. The van der Waals surface area contributed by atoms with E-state index in [4.69, 9.17) is 4.74 Å². The summed E-state index contributed by atoms with van der Waals surface area (Å²) in [6.07, 6.45) is 1.09. The molecule has 2 heteroatoms. The van der Waals surface area contributed by atoms with Gasteiger partial charge in [0.25, 0.3) is 0 Å². The van der Waals surface area contributed by atoms with Gasteiger partial charge in [-0.3, -0.25) is 0 Å². The second-order valence-electron chi connectivity index (χ2n) is 3.51. The highest BCUT2D eigenvalue weighted by Gasteiger charge is 2.16. The Kier molecular flexibility index (Phi) is 2.62. The average molecular weight is 177 g/mol. The lowest BCUT2D eigenvalue weighted by molar-refractivity contribution is 0.162. The average Bonchev–Trinajstić information content (AvgIpc) is 2.18. The van der Waals surface area contributed by atoms with Crippen molar-refractivity contribution in [2.75, 3.05) is 13.7 Å². The topological polar surface area (TPSA) is 21.3 Å². The van der Waals surface area contributed by atoms with Crippen LogP contribution >= 0.6 is 0 Å². The zero-order chi connectivity index (χ0) is 9.10. The van der Waals surface area contributed by atoms with Crippen LogP contribution in [-0.4, -0.2) is 19.8 Å². The van der Waals surface area contributed by atoms with Crippen molar-refractivity contribution in [3.8, 4) is 0 Å². The van der Waals surface area contributed by atoms with Crippen LogP contribution in [0, 0.1) is 0 Å². The molecule has 0 unspecified atom stereocenters. The van der Waals surface area contributed by atoms with Crippen LogP contribution < -0.4 is 5.32 Å². The maximum absolute atomic E-state index is 5.13. The van der Waals surface area contributed by atoms with Gasteiger partial charge in [0.2, 0.25) is 0 Å². The molecule has 1 N–H and O–H groups in total. The van der Waals surface area contributed by atoms with E-state index < -0.39 is 0 Å². The van der Waals surface area contributed by atoms with E-state index >= 15 is 0 Å². The summed E-state index contributed by atoms with van der Waals surface area (Å²) in [5.41, 5.74) is 2.89. The molecule has 1 aliphatic rings. The molecule has 0 radical (unpaired) electrons. The van der Waals surface area contributed by atoms with Crippen LogP contribution in [0.15, 0.2) is 24.3 Å². The first kappa shape index (κ1) is 8.73. The summed E-state index contributed by atoms with van der Waals surface area (Å²) in [5, 5.41) is 3.45. The van der Waals surface area contributed by atoms with Gasteiger partial charge in [0.05, 0.1) is 6.61 Å². The van der Waals surface area contributed by atoms with Crippen LogP contribution in [0.2, 0.25) is 0 Å². The van der Waals surface area contributed by atoms with Gasteiger partial charge in [0.1, 0.15) is 0 Å². The van der Waals surface area contributed by atoms with Gasteiger partial charge in [-0.25, -0.2) is 0 Å². The van der Waals surface area contributed by atoms with E-state index in [2.05, 4.69) is 29.6 Å². The molecule has 0 fully saturated rings. The predicted octanol–water partition coefficient (Wildman–Crippen LogP) is 1.35. The Balaban J connectivity index is 2.11. The third-order valence-corrected chi connectivity index (χ3v) is 2.53. The van der Waals surface area contributed by atoms with Crippen LogP contribution in [0.25, 0.3) is 0 Å². The van der Waals surface area contributed by atoms with Crippen LogP contribution in [0.1, 0.15) is 11.1 Å². The lowest BCUT2D eigenvalue weighted by Crippen LogP contribution is -2.38. The summed E-state index contributed by atoms with van der Waals surface area (Å²) >= 11 is 0. The van der Waals surface area contributed by atoms with Crippen molar-refractivity contribution in [3.63, 3.8) is 0 Å². The summed E-state index contributed by atoms with van der Waals surface area (Å²) in [7, 11) is 1.75. The third kappa shape index (κ3) is 1.90. The van der Waals surface area contributed by atoms with Gasteiger partial charge in [-0.15, -0.1) is 0 Å². The number of methoxy groups -OCH3 is 1. The number of ether oxygens (including phenoxy) is 1. The number of nitrogens with one attached hydrogen (secondary N) is 1. The quantitative estimate of drug-likeness (QED) is 0.736. The first-order valence-electron chi connectivity index (χ1n) is 4.69.